The first kappa shape index (κ1) is 9.56. The third kappa shape index (κ3) is 1.23. The van der Waals surface area contributed by atoms with Crippen molar-refractivity contribution >= 4 is 0 Å². The molecule has 0 radical (unpaired) electrons. The SMILES string of the molecule is C1CCC2C3=C(CC2C1)C1CCCCC1N3. The van der Waals surface area contributed by atoms with E-state index in [0.29, 0.717) is 0 Å². The van der Waals surface area contributed by atoms with Gasteiger partial charge in [-0.15, -0.1) is 0 Å². The monoisotopic (exact) mass is 217 g/mol. The molecule has 1 nitrogen and oxygen atoms in total. The van der Waals surface area contributed by atoms with E-state index in [2.05, 4.69) is 5.32 Å². The summed E-state index contributed by atoms with van der Waals surface area (Å²) in [6.07, 6.45) is 13.3. The smallest absolute Gasteiger partial charge is 0.0324 e. The van der Waals surface area contributed by atoms with E-state index in [0.717, 1.165) is 23.8 Å². The average Bonchev–Trinajstić information content (AvgIpc) is 2.85. The molecule has 1 heteroatoms. The molecule has 0 aromatic heterocycles. The van der Waals surface area contributed by atoms with Crippen LogP contribution in [-0.2, 0) is 0 Å². The standard InChI is InChI=1S/C15H23N/c1-2-6-11-10(5-1)9-13-12-7-3-4-8-14(12)16-15(11)13/h10-12,14,16H,1-9H2. The molecule has 2 fully saturated rings. The van der Waals surface area contributed by atoms with E-state index in [-0.39, 0.29) is 0 Å². The Balaban J connectivity index is 1.62. The normalized spacial score (nSPS) is 46.0. The van der Waals surface area contributed by atoms with Crippen LogP contribution >= 0.6 is 0 Å². The van der Waals surface area contributed by atoms with Crippen molar-refractivity contribution in [3.8, 4) is 0 Å². The molecule has 0 spiro atoms. The molecule has 16 heavy (non-hydrogen) atoms. The molecule has 4 aliphatic rings. The fourth-order valence-corrected chi connectivity index (χ4v) is 4.93. The van der Waals surface area contributed by atoms with Crippen molar-refractivity contribution < 1.29 is 0 Å². The molecule has 1 N–H and O–H groups in total. The molecule has 1 aliphatic heterocycles. The summed E-state index contributed by atoms with van der Waals surface area (Å²) in [7, 11) is 0. The molecule has 3 aliphatic carbocycles. The van der Waals surface area contributed by atoms with Gasteiger partial charge in [-0.3, -0.25) is 0 Å². The lowest BCUT2D eigenvalue weighted by molar-refractivity contribution is 0.251. The van der Waals surface area contributed by atoms with Crippen molar-refractivity contribution in [2.24, 2.45) is 17.8 Å². The lowest BCUT2D eigenvalue weighted by atomic mass is 9.77. The molecular formula is C15H23N. The quantitative estimate of drug-likeness (QED) is 0.653. The summed E-state index contributed by atoms with van der Waals surface area (Å²) in [6, 6.07) is 0.849. The zero-order valence-electron chi connectivity index (χ0n) is 10.2. The van der Waals surface area contributed by atoms with Crippen LogP contribution in [-0.4, -0.2) is 6.04 Å². The number of hydrogen-bond acceptors (Lipinski definition) is 1. The van der Waals surface area contributed by atoms with Gasteiger partial charge in [0.2, 0.25) is 0 Å². The Bertz CT molecular complexity index is 298. The minimum Gasteiger partial charge on any atom is -0.385 e. The van der Waals surface area contributed by atoms with Crippen molar-refractivity contribution in [2.75, 3.05) is 0 Å². The molecule has 2 saturated carbocycles. The third-order valence-electron chi connectivity index (χ3n) is 5.66. The Morgan fingerprint density at radius 3 is 2.50 bits per heavy atom. The summed E-state index contributed by atoms with van der Waals surface area (Å²) in [6.45, 7) is 0. The molecule has 0 aromatic carbocycles. The molecule has 0 saturated heterocycles. The van der Waals surface area contributed by atoms with Gasteiger partial charge in [0, 0.05) is 23.6 Å². The van der Waals surface area contributed by atoms with E-state index in [4.69, 9.17) is 0 Å². The van der Waals surface area contributed by atoms with Crippen LogP contribution in [0.1, 0.15) is 57.8 Å². The largest absolute Gasteiger partial charge is 0.385 e. The number of nitrogens with one attached hydrogen (secondary N) is 1. The maximum atomic E-state index is 3.93. The highest BCUT2D eigenvalue weighted by molar-refractivity contribution is 5.33. The molecule has 1 heterocycles. The molecular weight excluding hydrogens is 194 g/mol. The number of fused-ring (bicyclic) bond motifs is 4. The van der Waals surface area contributed by atoms with Crippen molar-refractivity contribution in [1.29, 1.82) is 0 Å². The van der Waals surface area contributed by atoms with Crippen molar-refractivity contribution in [3.63, 3.8) is 0 Å². The lowest BCUT2D eigenvalue weighted by Crippen LogP contribution is -2.35. The zero-order valence-corrected chi connectivity index (χ0v) is 10.2. The van der Waals surface area contributed by atoms with E-state index >= 15 is 0 Å². The van der Waals surface area contributed by atoms with Crippen LogP contribution in [0.4, 0.5) is 0 Å². The second kappa shape index (κ2) is 3.51. The highest BCUT2D eigenvalue weighted by Crippen LogP contribution is 2.52. The van der Waals surface area contributed by atoms with E-state index in [1.165, 1.54) is 57.8 Å². The summed E-state index contributed by atoms with van der Waals surface area (Å²) < 4.78 is 0. The molecule has 4 rings (SSSR count). The van der Waals surface area contributed by atoms with Gasteiger partial charge in [-0.1, -0.05) is 25.7 Å². The van der Waals surface area contributed by atoms with Crippen LogP contribution in [0.25, 0.3) is 0 Å². The summed E-state index contributed by atoms with van der Waals surface area (Å²) in [5, 5.41) is 3.93. The van der Waals surface area contributed by atoms with Gasteiger partial charge in [-0.25, -0.2) is 0 Å². The van der Waals surface area contributed by atoms with Gasteiger partial charge < -0.3 is 5.32 Å². The summed E-state index contributed by atoms with van der Waals surface area (Å²) in [4.78, 5) is 0. The highest BCUT2D eigenvalue weighted by Gasteiger charge is 2.45. The Kier molecular flexibility index (Phi) is 2.10. The summed E-state index contributed by atoms with van der Waals surface area (Å²) in [5.41, 5.74) is 3.64. The van der Waals surface area contributed by atoms with E-state index in [9.17, 15) is 0 Å². The maximum Gasteiger partial charge on any atom is 0.0324 e. The predicted molar refractivity (Wildman–Crippen MR) is 66.0 cm³/mol. The second-order valence-corrected chi connectivity index (χ2v) is 6.44. The fraction of sp³-hybridized carbons (Fsp3) is 0.867. The van der Waals surface area contributed by atoms with Gasteiger partial charge in [0.25, 0.3) is 0 Å². The van der Waals surface area contributed by atoms with Gasteiger partial charge in [0.1, 0.15) is 0 Å². The van der Waals surface area contributed by atoms with Crippen molar-refractivity contribution in [1.82, 2.24) is 5.32 Å². The number of rotatable bonds is 0. The zero-order chi connectivity index (χ0) is 10.5. The van der Waals surface area contributed by atoms with Gasteiger partial charge in [-0.2, -0.15) is 0 Å². The van der Waals surface area contributed by atoms with Gasteiger partial charge >= 0.3 is 0 Å². The molecule has 4 atom stereocenters. The Labute approximate surface area is 98.7 Å². The Morgan fingerprint density at radius 2 is 1.56 bits per heavy atom. The van der Waals surface area contributed by atoms with Gasteiger partial charge in [0.15, 0.2) is 0 Å². The fourth-order valence-electron chi connectivity index (χ4n) is 4.93. The average molecular weight is 217 g/mol. The van der Waals surface area contributed by atoms with Crippen LogP contribution in [0, 0.1) is 17.8 Å². The van der Waals surface area contributed by atoms with Crippen molar-refractivity contribution in [3.05, 3.63) is 11.3 Å². The third-order valence-corrected chi connectivity index (χ3v) is 5.66. The molecule has 0 bridgehead atoms. The molecule has 0 aromatic rings. The topological polar surface area (TPSA) is 12.0 Å². The minimum atomic E-state index is 0.849. The second-order valence-electron chi connectivity index (χ2n) is 6.44. The minimum absolute atomic E-state index is 0.849. The lowest BCUT2D eigenvalue weighted by Gasteiger charge is -2.33. The first-order chi connectivity index (χ1) is 7.93. The van der Waals surface area contributed by atoms with Gasteiger partial charge in [0.05, 0.1) is 0 Å². The summed E-state index contributed by atoms with van der Waals surface area (Å²) in [5.74, 6) is 2.94. The summed E-state index contributed by atoms with van der Waals surface area (Å²) >= 11 is 0. The Morgan fingerprint density at radius 1 is 0.812 bits per heavy atom. The predicted octanol–water partition coefficient (Wildman–Crippen LogP) is 3.61. The van der Waals surface area contributed by atoms with Gasteiger partial charge in [-0.05, 0) is 43.6 Å². The maximum absolute atomic E-state index is 3.93. The van der Waals surface area contributed by atoms with Crippen molar-refractivity contribution in [2.45, 2.75) is 63.8 Å². The van der Waals surface area contributed by atoms with Crippen LogP contribution in [0.15, 0.2) is 11.3 Å². The van der Waals surface area contributed by atoms with Crippen LogP contribution in [0.2, 0.25) is 0 Å². The number of allylic oxidation sites excluding steroid dienone is 1. The number of hydrogen-bond donors (Lipinski definition) is 1. The van der Waals surface area contributed by atoms with E-state index < -0.39 is 0 Å². The molecule has 0 amide bonds. The van der Waals surface area contributed by atoms with E-state index in [1.807, 2.05) is 5.57 Å². The highest BCUT2D eigenvalue weighted by atomic mass is 15.0. The first-order valence-electron chi connectivity index (χ1n) is 7.43. The molecule has 88 valence electrons. The first-order valence-corrected chi connectivity index (χ1v) is 7.43. The van der Waals surface area contributed by atoms with Crippen LogP contribution in [0.5, 0.6) is 0 Å². The van der Waals surface area contributed by atoms with Crippen LogP contribution < -0.4 is 5.32 Å². The van der Waals surface area contributed by atoms with Crippen LogP contribution in [0.3, 0.4) is 0 Å². The van der Waals surface area contributed by atoms with E-state index in [1.54, 1.807) is 5.70 Å². The Hall–Kier alpha value is -0.460. The molecule has 4 unspecified atom stereocenters.